The van der Waals surface area contributed by atoms with Crippen molar-refractivity contribution in [2.75, 3.05) is 19.7 Å². The number of nitrogens with one attached hydrogen (secondary N) is 1. The maximum atomic E-state index is 6.00. The molecule has 3 heteroatoms. The van der Waals surface area contributed by atoms with Crippen LogP contribution in [0.15, 0.2) is 16.6 Å². The van der Waals surface area contributed by atoms with Crippen LogP contribution >= 0.6 is 15.9 Å². The Morgan fingerprint density at radius 2 is 2.06 bits per heavy atom. The van der Waals surface area contributed by atoms with E-state index in [2.05, 4.69) is 47.2 Å². The van der Waals surface area contributed by atoms with Crippen molar-refractivity contribution in [1.29, 1.82) is 0 Å². The van der Waals surface area contributed by atoms with Gasteiger partial charge in [-0.25, -0.2) is 0 Å². The van der Waals surface area contributed by atoms with Crippen LogP contribution in [-0.2, 0) is 0 Å². The molecule has 94 valence electrons. The fourth-order valence-corrected chi connectivity index (χ4v) is 3.08. The highest BCUT2D eigenvalue weighted by Crippen LogP contribution is 2.28. The van der Waals surface area contributed by atoms with Gasteiger partial charge in [-0.3, -0.25) is 0 Å². The molecular weight excluding hydrogens is 278 g/mol. The zero-order chi connectivity index (χ0) is 12.3. The van der Waals surface area contributed by atoms with Gasteiger partial charge in [-0.05, 0) is 56.5 Å². The molecule has 1 N–H and O–H groups in total. The van der Waals surface area contributed by atoms with Crippen LogP contribution in [-0.4, -0.2) is 19.7 Å². The van der Waals surface area contributed by atoms with Crippen LogP contribution in [0.5, 0.6) is 5.75 Å². The van der Waals surface area contributed by atoms with Gasteiger partial charge in [0.1, 0.15) is 5.75 Å². The predicted octanol–water partition coefficient (Wildman–Crippen LogP) is 3.44. The summed E-state index contributed by atoms with van der Waals surface area (Å²) in [6, 6.07) is 4.23. The number of piperidine rings is 1. The molecule has 0 saturated carbocycles. The quantitative estimate of drug-likeness (QED) is 0.923. The highest BCUT2D eigenvalue weighted by Gasteiger charge is 2.14. The lowest BCUT2D eigenvalue weighted by Gasteiger charge is -2.23. The van der Waals surface area contributed by atoms with Gasteiger partial charge in [-0.2, -0.15) is 0 Å². The maximum Gasteiger partial charge on any atom is 0.125 e. The van der Waals surface area contributed by atoms with Crippen LogP contribution in [0, 0.1) is 19.8 Å². The molecule has 0 aliphatic carbocycles. The Labute approximate surface area is 112 Å². The van der Waals surface area contributed by atoms with E-state index < -0.39 is 0 Å². The minimum Gasteiger partial charge on any atom is -0.493 e. The topological polar surface area (TPSA) is 21.3 Å². The van der Waals surface area contributed by atoms with E-state index in [0.29, 0.717) is 5.92 Å². The van der Waals surface area contributed by atoms with Crippen molar-refractivity contribution in [3.05, 3.63) is 27.7 Å². The molecule has 0 radical (unpaired) electrons. The number of hydrogen-bond donors (Lipinski definition) is 1. The Morgan fingerprint density at radius 3 is 2.65 bits per heavy atom. The first-order valence-electron chi connectivity index (χ1n) is 6.27. The summed E-state index contributed by atoms with van der Waals surface area (Å²) in [6.07, 6.45) is 2.55. The Balaban J connectivity index is 1.98. The first-order chi connectivity index (χ1) is 8.16. The van der Waals surface area contributed by atoms with Gasteiger partial charge in [0.2, 0.25) is 0 Å². The summed E-state index contributed by atoms with van der Waals surface area (Å²) in [5, 5.41) is 3.42. The zero-order valence-corrected chi connectivity index (χ0v) is 12.1. The monoisotopic (exact) mass is 297 g/mol. The van der Waals surface area contributed by atoms with Crippen molar-refractivity contribution in [3.8, 4) is 5.75 Å². The smallest absolute Gasteiger partial charge is 0.125 e. The molecule has 1 unspecified atom stereocenters. The van der Waals surface area contributed by atoms with Crippen molar-refractivity contribution in [2.45, 2.75) is 26.7 Å². The molecule has 1 aromatic carbocycles. The second kappa shape index (κ2) is 5.87. The highest BCUT2D eigenvalue weighted by atomic mass is 79.9. The summed E-state index contributed by atoms with van der Waals surface area (Å²) >= 11 is 3.51. The molecule has 2 nitrogen and oxygen atoms in total. The van der Waals surface area contributed by atoms with Gasteiger partial charge in [0.15, 0.2) is 0 Å². The predicted molar refractivity (Wildman–Crippen MR) is 74.7 cm³/mol. The lowest BCUT2D eigenvalue weighted by Crippen LogP contribution is -2.33. The molecule has 1 atom stereocenters. The molecule has 0 spiro atoms. The molecule has 0 aromatic heterocycles. The minimum atomic E-state index is 0.659. The fraction of sp³-hybridized carbons (Fsp3) is 0.571. The van der Waals surface area contributed by atoms with Crippen molar-refractivity contribution < 1.29 is 4.74 Å². The minimum absolute atomic E-state index is 0.659. The molecule has 1 aliphatic heterocycles. The van der Waals surface area contributed by atoms with E-state index in [0.717, 1.165) is 29.9 Å². The van der Waals surface area contributed by atoms with Crippen molar-refractivity contribution in [2.24, 2.45) is 5.92 Å². The standard InChI is InChI=1S/C14H20BrNO/c1-10-6-13(15)7-11(2)14(10)17-9-12-4-3-5-16-8-12/h6-7,12,16H,3-5,8-9H2,1-2H3. The highest BCUT2D eigenvalue weighted by molar-refractivity contribution is 9.10. The largest absolute Gasteiger partial charge is 0.493 e. The molecule has 1 aliphatic rings. The Hall–Kier alpha value is -0.540. The fourth-order valence-electron chi connectivity index (χ4n) is 2.39. The lowest BCUT2D eigenvalue weighted by atomic mass is 10.0. The van der Waals surface area contributed by atoms with Gasteiger partial charge in [-0.1, -0.05) is 15.9 Å². The third kappa shape index (κ3) is 3.46. The van der Waals surface area contributed by atoms with Crippen molar-refractivity contribution in [3.63, 3.8) is 0 Å². The van der Waals surface area contributed by atoms with Gasteiger partial charge >= 0.3 is 0 Å². The van der Waals surface area contributed by atoms with Crippen LogP contribution in [0.3, 0.4) is 0 Å². The van der Waals surface area contributed by atoms with Crippen molar-refractivity contribution in [1.82, 2.24) is 5.32 Å². The molecule has 1 aromatic rings. The van der Waals surface area contributed by atoms with Crippen molar-refractivity contribution >= 4 is 15.9 Å². The molecule has 2 rings (SSSR count). The Morgan fingerprint density at radius 1 is 1.35 bits per heavy atom. The molecule has 17 heavy (non-hydrogen) atoms. The SMILES string of the molecule is Cc1cc(Br)cc(C)c1OCC1CCCNC1. The zero-order valence-electron chi connectivity index (χ0n) is 10.6. The molecule has 1 heterocycles. The van der Waals surface area contributed by atoms with Crippen LogP contribution in [0.1, 0.15) is 24.0 Å². The third-order valence-corrected chi connectivity index (χ3v) is 3.75. The van der Waals surface area contributed by atoms with Crippen LogP contribution < -0.4 is 10.1 Å². The van der Waals surface area contributed by atoms with Gasteiger partial charge < -0.3 is 10.1 Å². The summed E-state index contributed by atoms with van der Waals surface area (Å²) in [6.45, 7) is 7.29. The van der Waals surface area contributed by atoms with E-state index in [1.165, 1.54) is 24.0 Å². The molecule has 1 saturated heterocycles. The van der Waals surface area contributed by atoms with Gasteiger partial charge in [-0.15, -0.1) is 0 Å². The summed E-state index contributed by atoms with van der Waals surface area (Å²) in [5.74, 6) is 1.71. The van der Waals surface area contributed by atoms with Crippen LogP contribution in [0.25, 0.3) is 0 Å². The lowest BCUT2D eigenvalue weighted by molar-refractivity contribution is 0.216. The van der Waals surface area contributed by atoms with E-state index >= 15 is 0 Å². The van der Waals surface area contributed by atoms with Gasteiger partial charge in [0.05, 0.1) is 6.61 Å². The second-order valence-corrected chi connectivity index (χ2v) is 5.81. The Bertz CT molecular complexity index is 363. The van der Waals surface area contributed by atoms with Gasteiger partial charge in [0, 0.05) is 16.9 Å². The van der Waals surface area contributed by atoms with E-state index in [-0.39, 0.29) is 0 Å². The normalized spacial score (nSPS) is 20.3. The Kier molecular flexibility index (Phi) is 4.46. The number of halogens is 1. The average Bonchev–Trinajstić information content (AvgIpc) is 2.29. The number of ether oxygens (including phenoxy) is 1. The summed E-state index contributed by atoms with van der Waals surface area (Å²) in [5.41, 5.74) is 2.42. The first-order valence-corrected chi connectivity index (χ1v) is 7.06. The third-order valence-electron chi connectivity index (χ3n) is 3.29. The molecule has 1 fully saturated rings. The summed E-state index contributed by atoms with van der Waals surface area (Å²) < 4.78 is 7.13. The average molecular weight is 298 g/mol. The number of aryl methyl sites for hydroxylation is 2. The summed E-state index contributed by atoms with van der Waals surface area (Å²) in [4.78, 5) is 0. The summed E-state index contributed by atoms with van der Waals surface area (Å²) in [7, 11) is 0. The van der Waals surface area contributed by atoms with Gasteiger partial charge in [0.25, 0.3) is 0 Å². The first kappa shape index (κ1) is 12.9. The molecular formula is C14H20BrNO. The number of benzene rings is 1. The number of rotatable bonds is 3. The van der Waals surface area contributed by atoms with E-state index in [1.807, 2.05) is 0 Å². The van der Waals surface area contributed by atoms with E-state index in [1.54, 1.807) is 0 Å². The van der Waals surface area contributed by atoms with E-state index in [9.17, 15) is 0 Å². The van der Waals surface area contributed by atoms with Crippen LogP contribution in [0.2, 0.25) is 0 Å². The molecule has 0 amide bonds. The molecule has 0 bridgehead atoms. The second-order valence-electron chi connectivity index (χ2n) is 4.89. The van der Waals surface area contributed by atoms with Crippen LogP contribution in [0.4, 0.5) is 0 Å². The number of hydrogen-bond acceptors (Lipinski definition) is 2. The maximum absolute atomic E-state index is 6.00. The van der Waals surface area contributed by atoms with E-state index in [4.69, 9.17) is 4.74 Å².